The first-order valence-corrected chi connectivity index (χ1v) is 6.65. The zero-order chi connectivity index (χ0) is 12.7. The summed E-state index contributed by atoms with van der Waals surface area (Å²) in [6.45, 7) is 6.61. The molecule has 1 aromatic carbocycles. The molecule has 0 aromatic heterocycles. The van der Waals surface area contributed by atoms with E-state index in [0.717, 1.165) is 6.42 Å². The number of nitrogens with one attached hydrogen (secondary N) is 1. The first-order chi connectivity index (χ1) is 8.11. The summed E-state index contributed by atoms with van der Waals surface area (Å²) in [5.74, 6) is 0.343. The van der Waals surface area contributed by atoms with Gasteiger partial charge in [0.2, 0.25) is 0 Å². The van der Waals surface area contributed by atoms with Crippen LogP contribution in [0.3, 0.4) is 0 Å². The van der Waals surface area contributed by atoms with Gasteiger partial charge in [0, 0.05) is 12.1 Å². The Hall–Kier alpha value is -1.02. The van der Waals surface area contributed by atoms with E-state index < -0.39 is 0 Å². The molecule has 2 N–H and O–H groups in total. The van der Waals surface area contributed by atoms with Crippen LogP contribution in [0.5, 0.6) is 5.75 Å². The molecule has 1 unspecified atom stereocenters. The van der Waals surface area contributed by atoms with Crippen molar-refractivity contribution >= 4 is 0 Å². The number of phenols is 1. The Balaban J connectivity index is 2.54. The zero-order valence-corrected chi connectivity index (χ0v) is 11.2. The first-order valence-electron chi connectivity index (χ1n) is 6.65. The molecule has 0 fully saturated rings. The molecule has 0 aliphatic heterocycles. The van der Waals surface area contributed by atoms with Gasteiger partial charge in [-0.05, 0) is 30.5 Å². The Labute approximate surface area is 105 Å². The minimum Gasteiger partial charge on any atom is -0.508 e. The van der Waals surface area contributed by atoms with E-state index in [1.807, 2.05) is 12.1 Å². The number of aromatic hydroxyl groups is 1. The largest absolute Gasteiger partial charge is 0.508 e. The normalized spacial score (nSPS) is 12.9. The van der Waals surface area contributed by atoms with Crippen molar-refractivity contribution in [2.45, 2.75) is 58.5 Å². The van der Waals surface area contributed by atoms with E-state index in [-0.39, 0.29) is 0 Å². The molecule has 1 rings (SSSR count). The Kier molecular flexibility index (Phi) is 6.06. The van der Waals surface area contributed by atoms with Crippen molar-refractivity contribution in [2.24, 2.45) is 0 Å². The molecule has 17 heavy (non-hydrogen) atoms. The van der Waals surface area contributed by atoms with Crippen LogP contribution in [0.4, 0.5) is 0 Å². The summed E-state index contributed by atoms with van der Waals surface area (Å²) in [6.07, 6.45) is 4.77. The van der Waals surface area contributed by atoms with E-state index in [9.17, 15) is 5.11 Å². The van der Waals surface area contributed by atoms with Crippen molar-refractivity contribution in [2.75, 3.05) is 0 Å². The molecule has 0 bridgehead atoms. The Morgan fingerprint density at radius 1 is 1.18 bits per heavy atom. The van der Waals surface area contributed by atoms with Gasteiger partial charge < -0.3 is 10.4 Å². The van der Waals surface area contributed by atoms with E-state index in [4.69, 9.17) is 0 Å². The van der Waals surface area contributed by atoms with Crippen LogP contribution in [0, 0.1) is 0 Å². The molecule has 96 valence electrons. The smallest absolute Gasteiger partial charge is 0.115 e. The topological polar surface area (TPSA) is 32.3 Å². The molecule has 2 nitrogen and oxygen atoms in total. The number of hydrogen-bond acceptors (Lipinski definition) is 2. The number of hydrogen-bond donors (Lipinski definition) is 2. The lowest BCUT2D eigenvalue weighted by atomic mass is 10.0. The monoisotopic (exact) mass is 235 g/mol. The van der Waals surface area contributed by atoms with Crippen LogP contribution in [-0.4, -0.2) is 17.2 Å². The predicted octanol–water partition coefficient (Wildman–Crippen LogP) is 3.49. The zero-order valence-electron chi connectivity index (χ0n) is 11.2. The summed E-state index contributed by atoms with van der Waals surface area (Å²) in [7, 11) is 0. The lowest BCUT2D eigenvalue weighted by molar-refractivity contribution is 0.424. The van der Waals surface area contributed by atoms with Gasteiger partial charge in [-0.2, -0.15) is 0 Å². The predicted molar refractivity (Wildman–Crippen MR) is 73.4 cm³/mol. The summed E-state index contributed by atoms with van der Waals surface area (Å²) in [4.78, 5) is 0. The lowest BCUT2D eigenvalue weighted by Gasteiger charge is -2.21. The molecule has 0 radical (unpaired) electrons. The minimum atomic E-state index is 0.343. The number of phenolic OH excluding ortho intramolecular Hbond substituents is 1. The van der Waals surface area contributed by atoms with Crippen molar-refractivity contribution in [3.05, 3.63) is 29.8 Å². The molecule has 0 saturated heterocycles. The maximum atomic E-state index is 9.26. The van der Waals surface area contributed by atoms with Gasteiger partial charge in [-0.25, -0.2) is 0 Å². The standard InChI is InChI=1S/C15H25NO/c1-4-5-6-14(16-12(2)3)11-13-7-9-15(17)10-8-13/h7-10,12,14,16-17H,4-6,11H2,1-3H3. The summed E-state index contributed by atoms with van der Waals surface area (Å²) in [5, 5.41) is 12.9. The highest BCUT2D eigenvalue weighted by molar-refractivity contribution is 5.26. The average molecular weight is 235 g/mol. The highest BCUT2D eigenvalue weighted by Gasteiger charge is 2.10. The van der Waals surface area contributed by atoms with E-state index in [1.165, 1.54) is 24.8 Å². The Bertz CT molecular complexity index is 305. The quantitative estimate of drug-likeness (QED) is 0.758. The van der Waals surface area contributed by atoms with Gasteiger partial charge in [-0.3, -0.25) is 0 Å². The molecular weight excluding hydrogens is 210 g/mol. The van der Waals surface area contributed by atoms with Gasteiger partial charge >= 0.3 is 0 Å². The molecule has 2 heteroatoms. The number of rotatable bonds is 7. The summed E-state index contributed by atoms with van der Waals surface area (Å²) < 4.78 is 0. The van der Waals surface area contributed by atoms with Crippen LogP contribution in [0.2, 0.25) is 0 Å². The van der Waals surface area contributed by atoms with Gasteiger partial charge in [-0.15, -0.1) is 0 Å². The van der Waals surface area contributed by atoms with E-state index in [1.54, 1.807) is 12.1 Å². The van der Waals surface area contributed by atoms with Gasteiger partial charge in [0.05, 0.1) is 0 Å². The van der Waals surface area contributed by atoms with Crippen molar-refractivity contribution in [3.63, 3.8) is 0 Å². The van der Waals surface area contributed by atoms with Crippen LogP contribution in [0.25, 0.3) is 0 Å². The second-order valence-corrected chi connectivity index (χ2v) is 5.03. The third-order valence-corrected chi connectivity index (χ3v) is 2.89. The second kappa shape index (κ2) is 7.33. The average Bonchev–Trinajstić information content (AvgIpc) is 2.28. The second-order valence-electron chi connectivity index (χ2n) is 5.03. The fraction of sp³-hybridized carbons (Fsp3) is 0.600. The van der Waals surface area contributed by atoms with E-state index >= 15 is 0 Å². The van der Waals surface area contributed by atoms with Crippen molar-refractivity contribution in [1.82, 2.24) is 5.32 Å². The third kappa shape index (κ3) is 5.73. The van der Waals surface area contributed by atoms with Crippen LogP contribution < -0.4 is 5.32 Å². The van der Waals surface area contributed by atoms with E-state index in [2.05, 4.69) is 26.1 Å². The molecule has 0 saturated carbocycles. The van der Waals surface area contributed by atoms with Crippen LogP contribution in [-0.2, 0) is 6.42 Å². The van der Waals surface area contributed by atoms with Gasteiger partial charge in [0.25, 0.3) is 0 Å². The maximum absolute atomic E-state index is 9.26. The molecule has 0 heterocycles. The van der Waals surface area contributed by atoms with Gasteiger partial charge in [0.15, 0.2) is 0 Å². The summed E-state index contributed by atoms with van der Waals surface area (Å²) in [5.41, 5.74) is 1.29. The van der Waals surface area contributed by atoms with Crippen molar-refractivity contribution in [1.29, 1.82) is 0 Å². The molecule has 0 aliphatic rings. The lowest BCUT2D eigenvalue weighted by Crippen LogP contribution is -2.36. The van der Waals surface area contributed by atoms with E-state index in [0.29, 0.717) is 17.8 Å². The van der Waals surface area contributed by atoms with Crippen LogP contribution >= 0.6 is 0 Å². The SMILES string of the molecule is CCCCC(Cc1ccc(O)cc1)NC(C)C. The van der Waals surface area contributed by atoms with Crippen molar-refractivity contribution in [3.8, 4) is 5.75 Å². The van der Waals surface area contributed by atoms with Crippen LogP contribution in [0.1, 0.15) is 45.6 Å². The van der Waals surface area contributed by atoms with Gasteiger partial charge in [-0.1, -0.05) is 45.7 Å². The van der Waals surface area contributed by atoms with Gasteiger partial charge in [0.1, 0.15) is 5.75 Å². The molecule has 0 aliphatic carbocycles. The van der Waals surface area contributed by atoms with Crippen molar-refractivity contribution < 1.29 is 5.11 Å². The minimum absolute atomic E-state index is 0.343. The highest BCUT2D eigenvalue weighted by atomic mass is 16.3. The summed E-state index contributed by atoms with van der Waals surface area (Å²) in [6, 6.07) is 8.61. The molecule has 1 aromatic rings. The molecule has 1 atom stereocenters. The molecule has 0 spiro atoms. The fourth-order valence-corrected chi connectivity index (χ4v) is 2.08. The third-order valence-electron chi connectivity index (χ3n) is 2.89. The molecular formula is C15H25NO. The highest BCUT2D eigenvalue weighted by Crippen LogP contribution is 2.13. The maximum Gasteiger partial charge on any atom is 0.115 e. The Morgan fingerprint density at radius 2 is 1.82 bits per heavy atom. The number of benzene rings is 1. The van der Waals surface area contributed by atoms with Crippen LogP contribution in [0.15, 0.2) is 24.3 Å². The summed E-state index contributed by atoms with van der Waals surface area (Å²) >= 11 is 0. The number of unbranched alkanes of at least 4 members (excludes halogenated alkanes) is 1. The fourth-order valence-electron chi connectivity index (χ4n) is 2.08. The molecule has 0 amide bonds. The first kappa shape index (κ1) is 14.0. The Morgan fingerprint density at radius 3 is 2.35 bits per heavy atom.